The Labute approximate surface area is 227 Å². The van der Waals surface area contributed by atoms with Crippen molar-refractivity contribution in [1.29, 1.82) is 0 Å². The summed E-state index contributed by atoms with van der Waals surface area (Å²) < 4.78 is 5.60. The van der Waals surface area contributed by atoms with Gasteiger partial charge in [-0.25, -0.2) is 4.79 Å². The van der Waals surface area contributed by atoms with Gasteiger partial charge in [0, 0.05) is 29.7 Å². The first-order valence-electron chi connectivity index (χ1n) is 13.1. The Hall–Kier alpha value is -4.30. The lowest BCUT2D eigenvalue weighted by Gasteiger charge is -2.19. The molecule has 1 amide bonds. The second kappa shape index (κ2) is 10.8. The highest BCUT2D eigenvalue weighted by Gasteiger charge is 2.23. The Balaban J connectivity index is 1.27. The summed E-state index contributed by atoms with van der Waals surface area (Å²) in [6.07, 6.45) is 1.05. The Morgan fingerprint density at radius 2 is 1.79 bits per heavy atom. The van der Waals surface area contributed by atoms with Crippen molar-refractivity contribution in [1.82, 2.24) is 20.8 Å². The molecule has 0 spiro atoms. The van der Waals surface area contributed by atoms with Crippen molar-refractivity contribution >= 4 is 11.9 Å². The summed E-state index contributed by atoms with van der Waals surface area (Å²) in [6.45, 7) is 8.03. The molecule has 1 aliphatic rings. The zero-order valence-corrected chi connectivity index (χ0v) is 22.3. The number of nitrogens with one attached hydrogen (secondary N) is 2. The van der Waals surface area contributed by atoms with Crippen LogP contribution in [-0.4, -0.2) is 39.7 Å². The number of carbonyl (C=O) groups is 2. The maximum atomic E-state index is 12.8. The largest absolute Gasteiger partial charge is 0.480 e. The van der Waals surface area contributed by atoms with Gasteiger partial charge in [-0.2, -0.15) is 4.98 Å². The van der Waals surface area contributed by atoms with Crippen LogP contribution in [0.5, 0.6) is 0 Å². The molecule has 0 fully saturated rings. The van der Waals surface area contributed by atoms with Gasteiger partial charge in [-0.05, 0) is 58.8 Å². The average Bonchev–Trinajstić information content (AvgIpc) is 3.42. The van der Waals surface area contributed by atoms with Gasteiger partial charge in [0.15, 0.2) is 0 Å². The predicted molar refractivity (Wildman–Crippen MR) is 148 cm³/mol. The molecule has 4 aromatic rings. The van der Waals surface area contributed by atoms with Gasteiger partial charge in [-0.1, -0.05) is 74.5 Å². The molecule has 200 valence electrons. The van der Waals surface area contributed by atoms with Crippen LogP contribution in [0.3, 0.4) is 0 Å². The Morgan fingerprint density at radius 3 is 2.49 bits per heavy atom. The fourth-order valence-electron chi connectivity index (χ4n) is 4.77. The fourth-order valence-corrected chi connectivity index (χ4v) is 4.77. The smallest absolute Gasteiger partial charge is 0.326 e. The van der Waals surface area contributed by atoms with Crippen LogP contribution in [0.15, 0.2) is 71.3 Å². The van der Waals surface area contributed by atoms with Crippen molar-refractivity contribution in [3.05, 3.63) is 94.5 Å². The van der Waals surface area contributed by atoms with Crippen LogP contribution in [0, 0.1) is 0 Å². The molecule has 1 atom stereocenters. The minimum atomic E-state index is -1.09. The molecular weight excluding hydrogens is 492 g/mol. The van der Waals surface area contributed by atoms with E-state index in [1.807, 2.05) is 48.5 Å². The molecule has 0 bridgehead atoms. The van der Waals surface area contributed by atoms with E-state index in [0.717, 1.165) is 41.8 Å². The Morgan fingerprint density at radius 1 is 1.05 bits per heavy atom. The Bertz CT molecular complexity index is 1480. The van der Waals surface area contributed by atoms with E-state index in [-0.39, 0.29) is 11.8 Å². The second-order valence-corrected chi connectivity index (χ2v) is 10.9. The van der Waals surface area contributed by atoms with Crippen LogP contribution in [0.2, 0.25) is 0 Å². The van der Waals surface area contributed by atoms with Gasteiger partial charge >= 0.3 is 5.97 Å². The van der Waals surface area contributed by atoms with E-state index >= 15 is 0 Å². The summed E-state index contributed by atoms with van der Waals surface area (Å²) in [5.74, 6) is -0.567. The number of aromatic nitrogens is 2. The van der Waals surface area contributed by atoms with Crippen LogP contribution in [0.25, 0.3) is 22.8 Å². The molecular formula is C31H32N4O4. The highest BCUT2D eigenvalue weighted by molar-refractivity contribution is 5.96. The van der Waals surface area contributed by atoms with Crippen molar-refractivity contribution in [3.8, 4) is 22.8 Å². The number of carboxylic acids is 1. The van der Waals surface area contributed by atoms with Crippen molar-refractivity contribution in [2.45, 2.75) is 51.6 Å². The van der Waals surface area contributed by atoms with Crippen molar-refractivity contribution < 1.29 is 19.2 Å². The number of amides is 1. The van der Waals surface area contributed by atoms with Gasteiger partial charge in [-0.3, -0.25) is 4.79 Å². The third kappa shape index (κ3) is 5.91. The molecule has 39 heavy (non-hydrogen) atoms. The molecule has 1 aliphatic heterocycles. The van der Waals surface area contributed by atoms with E-state index in [1.54, 1.807) is 12.1 Å². The van der Waals surface area contributed by atoms with Gasteiger partial charge in [0.2, 0.25) is 5.82 Å². The molecule has 8 nitrogen and oxygen atoms in total. The van der Waals surface area contributed by atoms with Crippen LogP contribution in [0.1, 0.15) is 53.4 Å². The van der Waals surface area contributed by atoms with E-state index in [0.29, 0.717) is 17.3 Å². The number of aliphatic carboxylic acids is 1. The highest BCUT2D eigenvalue weighted by atomic mass is 16.5. The number of nitrogens with zero attached hydrogens (tertiary/aromatic N) is 2. The second-order valence-electron chi connectivity index (χ2n) is 10.9. The first kappa shape index (κ1) is 26.3. The van der Waals surface area contributed by atoms with Gasteiger partial charge in [-0.15, -0.1) is 0 Å². The first-order chi connectivity index (χ1) is 18.7. The monoisotopic (exact) mass is 524 g/mol. The molecule has 5 rings (SSSR count). The number of hydrogen-bond acceptors (Lipinski definition) is 6. The number of rotatable bonds is 7. The van der Waals surface area contributed by atoms with Crippen LogP contribution < -0.4 is 10.6 Å². The van der Waals surface area contributed by atoms with E-state index in [2.05, 4.69) is 47.6 Å². The molecule has 0 radical (unpaired) electrons. The number of benzene rings is 3. The lowest BCUT2D eigenvalue weighted by molar-refractivity contribution is -0.139. The molecule has 0 aliphatic carbocycles. The van der Waals surface area contributed by atoms with E-state index in [4.69, 9.17) is 4.52 Å². The summed E-state index contributed by atoms with van der Waals surface area (Å²) in [4.78, 5) is 29.3. The molecule has 0 saturated carbocycles. The fraction of sp³-hybridized carbons (Fsp3) is 0.290. The first-order valence-corrected chi connectivity index (χ1v) is 13.1. The predicted octanol–water partition coefficient (Wildman–Crippen LogP) is 4.77. The van der Waals surface area contributed by atoms with Crippen LogP contribution >= 0.6 is 0 Å². The number of carboxylic acid groups (broad SMARTS) is 1. The summed E-state index contributed by atoms with van der Waals surface area (Å²) in [6, 6.07) is 19.6. The van der Waals surface area contributed by atoms with E-state index < -0.39 is 17.9 Å². The van der Waals surface area contributed by atoms with Gasteiger partial charge in [0.05, 0.1) is 0 Å². The number of carbonyl (C=O) groups excluding carboxylic acids is 1. The summed E-state index contributed by atoms with van der Waals surface area (Å²) >= 11 is 0. The maximum Gasteiger partial charge on any atom is 0.326 e. The quantitative estimate of drug-likeness (QED) is 0.319. The topological polar surface area (TPSA) is 117 Å². The SMILES string of the molecule is CC(C)(C)c1ccc(C(=O)NC(Cc2ccc(-c3noc(-c4cccc5c4CCNC5)n3)cc2)C(=O)O)cc1. The summed E-state index contributed by atoms with van der Waals surface area (Å²) in [5, 5.41) is 20.0. The molecule has 0 saturated heterocycles. The molecule has 2 heterocycles. The third-order valence-corrected chi connectivity index (χ3v) is 7.07. The van der Waals surface area contributed by atoms with Crippen LogP contribution in [0.4, 0.5) is 0 Å². The zero-order valence-electron chi connectivity index (χ0n) is 22.3. The van der Waals surface area contributed by atoms with Crippen molar-refractivity contribution in [2.75, 3.05) is 6.54 Å². The van der Waals surface area contributed by atoms with Crippen LogP contribution in [-0.2, 0) is 29.6 Å². The molecule has 1 unspecified atom stereocenters. The minimum Gasteiger partial charge on any atom is -0.480 e. The molecule has 8 heteroatoms. The lowest BCUT2D eigenvalue weighted by atomic mass is 9.86. The highest BCUT2D eigenvalue weighted by Crippen LogP contribution is 2.29. The maximum absolute atomic E-state index is 12.8. The number of fused-ring (bicyclic) bond motifs is 1. The average molecular weight is 525 g/mol. The van der Waals surface area contributed by atoms with Gasteiger partial charge < -0.3 is 20.3 Å². The Kier molecular flexibility index (Phi) is 7.30. The standard InChI is InChI=1S/C31H32N4O4/c1-31(2,3)23-13-11-21(12-14-23)28(36)33-26(30(37)38)17-19-7-9-20(10-8-19)27-34-29(39-35-27)25-6-4-5-22-18-32-16-15-24(22)25/h4-14,26,32H,15-18H2,1-3H3,(H,33,36)(H,37,38). The van der Waals surface area contributed by atoms with Crippen molar-refractivity contribution in [3.63, 3.8) is 0 Å². The summed E-state index contributed by atoms with van der Waals surface area (Å²) in [5.41, 5.74) is 6.44. The minimum absolute atomic E-state index is 0.0352. The van der Waals surface area contributed by atoms with Gasteiger partial charge in [0.1, 0.15) is 6.04 Å². The summed E-state index contributed by atoms with van der Waals surface area (Å²) in [7, 11) is 0. The molecule has 3 aromatic carbocycles. The number of hydrogen-bond donors (Lipinski definition) is 3. The van der Waals surface area contributed by atoms with Gasteiger partial charge in [0.25, 0.3) is 11.8 Å². The lowest BCUT2D eigenvalue weighted by Crippen LogP contribution is -2.42. The zero-order chi connectivity index (χ0) is 27.6. The third-order valence-electron chi connectivity index (χ3n) is 7.07. The van der Waals surface area contributed by atoms with E-state index in [9.17, 15) is 14.7 Å². The molecule has 1 aromatic heterocycles. The normalized spacial score (nSPS) is 13.9. The van der Waals surface area contributed by atoms with E-state index in [1.165, 1.54) is 11.1 Å². The molecule has 3 N–H and O–H groups in total. The van der Waals surface area contributed by atoms with Crippen molar-refractivity contribution in [2.24, 2.45) is 0 Å².